The lowest BCUT2D eigenvalue weighted by Crippen LogP contribution is -2.37. The molecule has 41 heavy (non-hydrogen) atoms. The topological polar surface area (TPSA) is 89.2 Å². The number of fused-ring (bicyclic) bond motifs is 1. The van der Waals surface area contributed by atoms with E-state index in [0.29, 0.717) is 29.1 Å². The number of amides is 1. The number of carbonyl (C=O) groups is 1. The van der Waals surface area contributed by atoms with Crippen molar-refractivity contribution in [1.82, 2.24) is 14.5 Å². The van der Waals surface area contributed by atoms with Crippen molar-refractivity contribution in [3.05, 3.63) is 42.1 Å². The second kappa shape index (κ2) is 11.6. The molecule has 0 saturated heterocycles. The first kappa shape index (κ1) is 31.3. The number of hydrogen-bond donors (Lipinski definition) is 1. The molecule has 3 aromatic rings. The van der Waals surface area contributed by atoms with E-state index in [4.69, 9.17) is 4.03 Å². The van der Waals surface area contributed by atoms with Gasteiger partial charge in [-0.25, -0.2) is 14.4 Å². The van der Waals surface area contributed by atoms with Gasteiger partial charge in [0.25, 0.3) is 0 Å². The molecule has 2 aromatic heterocycles. The normalized spacial score (nSPS) is 19.8. The molecule has 1 unspecified atom stereocenters. The lowest BCUT2D eigenvalue weighted by Gasteiger charge is -2.34. The number of rotatable bonds is 7. The third-order valence-electron chi connectivity index (χ3n) is 8.81. The Morgan fingerprint density at radius 2 is 1.93 bits per heavy atom. The highest BCUT2D eigenvalue weighted by Crippen LogP contribution is 2.38. The largest absolute Gasteiger partial charge is 0.328 e. The van der Waals surface area contributed by atoms with Gasteiger partial charge >= 0.3 is 0 Å². The Balaban J connectivity index is 1.51. The van der Waals surface area contributed by atoms with E-state index >= 15 is 4.39 Å². The van der Waals surface area contributed by atoms with E-state index in [1.54, 1.807) is 18.8 Å². The summed E-state index contributed by atoms with van der Waals surface area (Å²) in [6.45, 7) is 16.9. The van der Waals surface area contributed by atoms with Gasteiger partial charge in [0.15, 0.2) is 14.1 Å². The number of aromatic nitrogens is 3. The SMILES string of the molecule is Cc1cnc(NC(=O)[C@H]2CCC[C@@H](CS(C)(=O)=N[Si](C)(C)C(C)(C)C)C2)cc1-c1cc(F)c2ncn(C(C)C)c2c1. The first-order valence-electron chi connectivity index (χ1n) is 14.6. The minimum absolute atomic E-state index is 0.0354. The van der Waals surface area contributed by atoms with Gasteiger partial charge < -0.3 is 9.88 Å². The van der Waals surface area contributed by atoms with Crippen LogP contribution in [-0.4, -0.2) is 44.9 Å². The molecule has 224 valence electrons. The van der Waals surface area contributed by atoms with Crippen molar-refractivity contribution in [3.63, 3.8) is 0 Å². The Morgan fingerprint density at radius 3 is 2.59 bits per heavy atom. The number of benzene rings is 1. The van der Waals surface area contributed by atoms with Crippen LogP contribution in [0.1, 0.15) is 71.9 Å². The van der Waals surface area contributed by atoms with Gasteiger partial charge in [0.05, 0.1) is 11.8 Å². The van der Waals surface area contributed by atoms with Crippen LogP contribution in [0.2, 0.25) is 18.1 Å². The average molecular weight is 600 g/mol. The number of nitrogens with zero attached hydrogens (tertiary/aromatic N) is 4. The van der Waals surface area contributed by atoms with Crippen LogP contribution in [-0.2, 0) is 14.5 Å². The molecule has 4 rings (SSSR count). The zero-order chi connectivity index (χ0) is 30.3. The van der Waals surface area contributed by atoms with E-state index in [-0.39, 0.29) is 34.6 Å². The Kier molecular flexibility index (Phi) is 8.86. The Hall–Kier alpha value is -2.59. The van der Waals surface area contributed by atoms with Gasteiger partial charge in [-0.05, 0) is 99.0 Å². The fraction of sp³-hybridized carbons (Fsp3) is 0.581. The maximum Gasteiger partial charge on any atom is 0.228 e. The predicted octanol–water partition coefficient (Wildman–Crippen LogP) is 7.97. The van der Waals surface area contributed by atoms with Crippen LogP contribution < -0.4 is 5.32 Å². The number of hydrogen-bond acceptors (Lipinski definition) is 5. The minimum Gasteiger partial charge on any atom is -0.328 e. The number of pyridine rings is 1. The molecule has 10 heteroatoms. The van der Waals surface area contributed by atoms with E-state index in [9.17, 15) is 9.00 Å². The molecule has 0 aliphatic heterocycles. The summed E-state index contributed by atoms with van der Waals surface area (Å²) in [5.41, 5.74) is 3.50. The summed E-state index contributed by atoms with van der Waals surface area (Å²) in [4.78, 5) is 22.1. The molecule has 1 amide bonds. The third kappa shape index (κ3) is 7.08. The van der Waals surface area contributed by atoms with Gasteiger partial charge in [-0.15, -0.1) is 0 Å². The van der Waals surface area contributed by atoms with E-state index in [2.05, 4.69) is 49.1 Å². The summed E-state index contributed by atoms with van der Waals surface area (Å²) >= 11 is 0. The monoisotopic (exact) mass is 599 g/mol. The van der Waals surface area contributed by atoms with Crippen molar-refractivity contribution in [3.8, 4) is 11.1 Å². The number of imidazole rings is 1. The van der Waals surface area contributed by atoms with E-state index in [1.165, 1.54) is 6.07 Å². The van der Waals surface area contributed by atoms with Crippen molar-refractivity contribution in [1.29, 1.82) is 0 Å². The van der Waals surface area contributed by atoms with E-state index < -0.39 is 18.0 Å². The molecule has 1 saturated carbocycles. The fourth-order valence-electron chi connectivity index (χ4n) is 5.56. The number of nitrogens with one attached hydrogen (secondary N) is 1. The van der Waals surface area contributed by atoms with Gasteiger partial charge in [-0.3, -0.25) is 13.0 Å². The smallest absolute Gasteiger partial charge is 0.228 e. The summed E-state index contributed by atoms with van der Waals surface area (Å²) in [5, 5.41) is 3.05. The Bertz CT molecular complexity index is 1570. The average Bonchev–Trinajstić information content (AvgIpc) is 3.28. The molecule has 0 bridgehead atoms. The van der Waals surface area contributed by atoms with Crippen LogP contribution in [0.15, 0.2) is 34.8 Å². The molecule has 2 heterocycles. The zero-order valence-corrected chi connectivity index (χ0v) is 27.9. The van der Waals surface area contributed by atoms with Gasteiger partial charge in [-0.1, -0.05) is 27.2 Å². The Labute approximate surface area is 246 Å². The number of halogens is 1. The predicted molar refractivity (Wildman–Crippen MR) is 171 cm³/mol. The van der Waals surface area contributed by atoms with E-state index in [0.717, 1.165) is 35.9 Å². The molecule has 1 aliphatic rings. The number of aryl methyl sites for hydroxylation is 1. The highest BCUT2D eigenvalue weighted by atomic mass is 32.2. The van der Waals surface area contributed by atoms with E-state index in [1.807, 2.05) is 37.5 Å². The second-order valence-electron chi connectivity index (χ2n) is 13.7. The molecule has 1 aromatic carbocycles. The van der Waals surface area contributed by atoms with Crippen molar-refractivity contribution < 1.29 is 13.4 Å². The van der Waals surface area contributed by atoms with Gasteiger partial charge in [0.1, 0.15) is 11.3 Å². The van der Waals surface area contributed by atoms with Crippen LogP contribution >= 0.6 is 0 Å². The Morgan fingerprint density at radius 1 is 1.22 bits per heavy atom. The van der Waals surface area contributed by atoms with Crippen molar-refractivity contribution in [2.24, 2.45) is 15.9 Å². The first-order valence-corrected chi connectivity index (χ1v) is 19.7. The maximum absolute atomic E-state index is 15.0. The minimum atomic E-state index is -2.34. The zero-order valence-electron chi connectivity index (χ0n) is 26.0. The summed E-state index contributed by atoms with van der Waals surface area (Å²) in [6.07, 6.45) is 8.57. The summed E-state index contributed by atoms with van der Waals surface area (Å²) < 4.78 is 35.5. The maximum atomic E-state index is 15.0. The van der Waals surface area contributed by atoms with Crippen LogP contribution in [0.3, 0.4) is 0 Å². The molecule has 1 N–H and O–H groups in total. The number of carbonyl (C=O) groups excluding carboxylic acids is 1. The summed E-state index contributed by atoms with van der Waals surface area (Å²) in [5.74, 6) is 0.574. The second-order valence-corrected chi connectivity index (χ2v) is 21.3. The molecular weight excluding hydrogens is 554 g/mol. The van der Waals surface area contributed by atoms with Crippen LogP contribution in [0, 0.1) is 24.6 Å². The fourth-order valence-corrected chi connectivity index (χ4v) is 12.0. The molecule has 0 radical (unpaired) electrons. The molecular formula is C31H46FN5O2SSi. The van der Waals surface area contributed by atoms with Crippen molar-refractivity contribution in [2.45, 2.75) is 91.4 Å². The van der Waals surface area contributed by atoms with Crippen molar-refractivity contribution in [2.75, 3.05) is 17.3 Å². The quantitative estimate of drug-likeness (QED) is 0.279. The molecule has 0 spiro atoms. The lowest BCUT2D eigenvalue weighted by atomic mass is 9.82. The first-order chi connectivity index (χ1) is 19.0. The van der Waals surface area contributed by atoms with Gasteiger partial charge in [-0.2, -0.15) is 0 Å². The standard InChI is InChI=1S/C31H46FN5O2SSi/c1-20(2)37-19-34-29-26(32)14-24(15-27(29)37)25-16-28(33-17-21(25)3)35-30(38)23-12-10-11-22(13-23)18-40(7,39)36-41(8,9)31(4,5)6/h14-17,19-20,22-23H,10-13,18H2,1-9H3,(H,33,35,38)/t22-,23+,40?/m1/s1. The van der Waals surface area contributed by atoms with Gasteiger partial charge in [0.2, 0.25) is 5.91 Å². The molecule has 3 atom stereocenters. The molecule has 1 aliphatic carbocycles. The molecule has 7 nitrogen and oxygen atoms in total. The highest BCUT2D eigenvalue weighted by molar-refractivity contribution is 7.93. The van der Waals surface area contributed by atoms with Crippen molar-refractivity contribution >= 4 is 40.7 Å². The lowest BCUT2D eigenvalue weighted by molar-refractivity contribution is -0.121. The number of anilines is 1. The third-order valence-corrected chi connectivity index (χ3v) is 16.9. The van der Waals surface area contributed by atoms with Crippen LogP contribution in [0.5, 0.6) is 0 Å². The highest BCUT2D eigenvalue weighted by Gasteiger charge is 2.37. The molecule has 1 fully saturated rings. The summed E-state index contributed by atoms with van der Waals surface area (Å²) in [6, 6.07) is 5.41. The summed E-state index contributed by atoms with van der Waals surface area (Å²) in [7, 11) is -4.38. The van der Waals surface area contributed by atoms with Gasteiger partial charge in [0, 0.05) is 39.9 Å². The van der Waals surface area contributed by atoms with Crippen LogP contribution in [0.4, 0.5) is 10.2 Å². The van der Waals surface area contributed by atoms with Crippen LogP contribution in [0.25, 0.3) is 22.2 Å².